The predicted octanol–water partition coefficient (Wildman–Crippen LogP) is 5.90. The van der Waals surface area contributed by atoms with Crippen LogP contribution in [0.15, 0.2) is 89.7 Å². The van der Waals surface area contributed by atoms with Crippen molar-refractivity contribution in [2.45, 2.75) is 6.92 Å². The van der Waals surface area contributed by atoms with Crippen LogP contribution in [0.1, 0.15) is 11.3 Å². The van der Waals surface area contributed by atoms with E-state index in [-0.39, 0.29) is 16.9 Å². The SMILES string of the molecule is COc1ccc(-c2cc(-c3ccc(-c4cc(O)ccc4O)cc3)n3c(C)cc(=O)cc3c2C#N)cc1. The zero-order valence-corrected chi connectivity index (χ0v) is 19.7. The Morgan fingerprint density at radius 1 is 0.806 bits per heavy atom. The number of fused-ring (bicyclic) bond motifs is 1. The van der Waals surface area contributed by atoms with Crippen LogP contribution in [0, 0.1) is 18.3 Å². The van der Waals surface area contributed by atoms with Gasteiger partial charge in [0.2, 0.25) is 0 Å². The summed E-state index contributed by atoms with van der Waals surface area (Å²) in [6, 6.07) is 26.7. The number of aryl methyl sites for hydroxylation is 1. The Morgan fingerprint density at radius 2 is 1.44 bits per heavy atom. The summed E-state index contributed by atoms with van der Waals surface area (Å²) in [5.74, 6) is 0.837. The number of hydrogen-bond donors (Lipinski definition) is 2. The zero-order chi connectivity index (χ0) is 25.4. The van der Waals surface area contributed by atoms with Crippen LogP contribution in [-0.4, -0.2) is 21.7 Å². The number of aromatic nitrogens is 1. The number of ether oxygens (including phenoxy) is 1. The molecule has 176 valence electrons. The summed E-state index contributed by atoms with van der Waals surface area (Å²) < 4.78 is 7.19. The number of rotatable bonds is 4. The van der Waals surface area contributed by atoms with Crippen LogP contribution in [0.3, 0.4) is 0 Å². The lowest BCUT2D eigenvalue weighted by Gasteiger charge is -2.18. The summed E-state index contributed by atoms with van der Waals surface area (Å²) in [6.45, 7) is 1.84. The van der Waals surface area contributed by atoms with Crippen LogP contribution < -0.4 is 10.2 Å². The third kappa shape index (κ3) is 3.93. The minimum absolute atomic E-state index is 0.0636. The molecule has 0 unspecified atom stereocenters. The number of pyridine rings is 2. The summed E-state index contributed by atoms with van der Waals surface area (Å²) in [5, 5.41) is 30.2. The third-order valence-corrected chi connectivity index (χ3v) is 6.26. The van der Waals surface area contributed by atoms with Crippen LogP contribution in [0.5, 0.6) is 17.2 Å². The van der Waals surface area contributed by atoms with Gasteiger partial charge in [-0.1, -0.05) is 36.4 Å². The van der Waals surface area contributed by atoms with E-state index in [4.69, 9.17) is 4.74 Å². The molecule has 6 nitrogen and oxygen atoms in total. The lowest BCUT2D eigenvalue weighted by atomic mass is 9.95. The average Bonchev–Trinajstić information content (AvgIpc) is 2.89. The first kappa shape index (κ1) is 22.8. The van der Waals surface area contributed by atoms with Gasteiger partial charge in [0, 0.05) is 29.0 Å². The molecule has 2 N–H and O–H groups in total. The molecule has 6 heteroatoms. The molecule has 0 amide bonds. The predicted molar refractivity (Wildman–Crippen MR) is 139 cm³/mol. The number of methoxy groups -OCH3 is 1. The molecule has 0 atom stereocenters. The summed E-state index contributed by atoms with van der Waals surface area (Å²) in [6.07, 6.45) is 0. The van der Waals surface area contributed by atoms with Crippen molar-refractivity contribution in [2.24, 2.45) is 0 Å². The Hall–Kier alpha value is -5.02. The summed E-state index contributed by atoms with van der Waals surface area (Å²) in [4.78, 5) is 12.4. The molecule has 0 saturated carbocycles. The lowest BCUT2D eigenvalue weighted by molar-refractivity contribution is 0.415. The topological polar surface area (TPSA) is 95.0 Å². The minimum Gasteiger partial charge on any atom is -0.508 e. The second-order valence-electron chi connectivity index (χ2n) is 8.49. The molecule has 2 heterocycles. The van der Waals surface area contributed by atoms with Crippen LogP contribution >= 0.6 is 0 Å². The second kappa shape index (κ2) is 8.97. The average molecular weight is 475 g/mol. The highest BCUT2D eigenvalue weighted by Crippen LogP contribution is 2.36. The van der Waals surface area contributed by atoms with Crippen LogP contribution in [0.2, 0.25) is 0 Å². The highest BCUT2D eigenvalue weighted by Gasteiger charge is 2.17. The highest BCUT2D eigenvalue weighted by molar-refractivity contribution is 5.85. The van der Waals surface area contributed by atoms with E-state index in [1.54, 1.807) is 13.2 Å². The van der Waals surface area contributed by atoms with Gasteiger partial charge in [-0.05, 0) is 60.0 Å². The number of benzene rings is 3. The molecule has 3 aromatic carbocycles. The van der Waals surface area contributed by atoms with Gasteiger partial charge in [0.25, 0.3) is 0 Å². The normalized spacial score (nSPS) is 10.8. The highest BCUT2D eigenvalue weighted by atomic mass is 16.5. The van der Waals surface area contributed by atoms with Crippen molar-refractivity contribution in [3.05, 3.63) is 106 Å². The largest absolute Gasteiger partial charge is 0.508 e. The van der Waals surface area contributed by atoms with E-state index in [1.807, 2.05) is 65.9 Å². The standard InChI is InChI=1S/C30H22N2O4/c1-18-13-23(34)15-29-27(17-31)25(19-7-10-24(36-2)11-8-19)16-28(32(18)29)21-5-3-20(4-6-21)26-14-22(33)9-12-30(26)35/h3-16,33,35H,1-2H3. The third-order valence-electron chi connectivity index (χ3n) is 6.26. The Balaban J connectivity index is 1.76. The molecule has 36 heavy (non-hydrogen) atoms. The molecule has 2 aromatic heterocycles. The van der Waals surface area contributed by atoms with E-state index in [0.29, 0.717) is 33.7 Å². The van der Waals surface area contributed by atoms with Gasteiger partial charge in [-0.25, -0.2) is 0 Å². The van der Waals surface area contributed by atoms with Gasteiger partial charge in [0.05, 0.1) is 23.9 Å². The van der Waals surface area contributed by atoms with Gasteiger partial charge in [-0.3, -0.25) is 4.79 Å². The fourth-order valence-electron chi connectivity index (χ4n) is 4.52. The fraction of sp³-hybridized carbons (Fsp3) is 0.0667. The number of nitrogens with zero attached hydrogens (tertiary/aromatic N) is 2. The number of hydrogen-bond acceptors (Lipinski definition) is 5. The maximum Gasteiger partial charge on any atom is 0.182 e. The first-order chi connectivity index (χ1) is 17.4. The first-order valence-electron chi connectivity index (χ1n) is 11.3. The van der Waals surface area contributed by atoms with Crippen molar-refractivity contribution in [1.29, 1.82) is 5.26 Å². The molecular formula is C30H22N2O4. The molecule has 0 aliphatic rings. The summed E-state index contributed by atoms with van der Waals surface area (Å²) >= 11 is 0. The number of phenolic OH excluding ortho intramolecular Hbond substituents is 2. The van der Waals surface area contributed by atoms with Crippen molar-refractivity contribution in [1.82, 2.24) is 4.40 Å². The molecule has 0 bridgehead atoms. The maximum atomic E-state index is 12.4. The van der Waals surface area contributed by atoms with Crippen molar-refractivity contribution in [3.63, 3.8) is 0 Å². The van der Waals surface area contributed by atoms with Gasteiger partial charge in [0.1, 0.15) is 23.3 Å². The maximum absolute atomic E-state index is 12.4. The van der Waals surface area contributed by atoms with Crippen molar-refractivity contribution < 1.29 is 14.9 Å². The molecular weight excluding hydrogens is 452 g/mol. The zero-order valence-electron chi connectivity index (χ0n) is 19.7. The quantitative estimate of drug-likeness (QED) is 0.316. The molecule has 0 fully saturated rings. The van der Waals surface area contributed by atoms with E-state index >= 15 is 0 Å². The van der Waals surface area contributed by atoms with E-state index in [0.717, 1.165) is 22.4 Å². The summed E-state index contributed by atoms with van der Waals surface area (Å²) in [5.41, 5.74) is 5.92. The van der Waals surface area contributed by atoms with E-state index in [9.17, 15) is 20.3 Å². The fourth-order valence-corrected chi connectivity index (χ4v) is 4.52. The molecule has 0 radical (unpaired) electrons. The number of phenols is 2. The number of aromatic hydroxyl groups is 2. The van der Waals surface area contributed by atoms with E-state index < -0.39 is 0 Å². The van der Waals surface area contributed by atoms with Gasteiger partial charge in [-0.15, -0.1) is 0 Å². The van der Waals surface area contributed by atoms with Crippen LogP contribution in [-0.2, 0) is 0 Å². The first-order valence-corrected chi connectivity index (χ1v) is 11.3. The Labute approximate surface area is 207 Å². The van der Waals surface area contributed by atoms with Crippen LogP contribution in [0.4, 0.5) is 0 Å². The van der Waals surface area contributed by atoms with Gasteiger partial charge in [0.15, 0.2) is 5.43 Å². The van der Waals surface area contributed by atoms with Gasteiger partial charge >= 0.3 is 0 Å². The molecule has 5 rings (SSSR count). The smallest absolute Gasteiger partial charge is 0.182 e. The van der Waals surface area contributed by atoms with Gasteiger partial charge < -0.3 is 19.4 Å². The van der Waals surface area contributed by atoms with E-state index in [2.05, 4.69) is 6.07 Å². The molecule has 0 saturated heterocycles. The molecule has 0 aliphatic heterocycles. The molecule has 5 aromatic rings. The Bertz CT molecular complexity index is 1710. The Morgan fingerprint density at radius 3 is 2.11 bits per heavy atom. The minimum atomic E-state index is -0.170. The molecule has 0 spiro atoms. The van der Waals surface area contributed by atoms with Crippen molar-refractivity contribution >= 4 is 5.52 Å². The van der Waals surface area contributed by atoms with Gasteiger partial charge in [-0.2, -0.15) is 5.26 Å². The van der Waals surface area contributed by atoms with Crippen molar-refractivity contribution in [3.8, 4) is 56.8 Å². The lowest BCUT2D eigenvalue weighted by Crippen LogP contribution is -2.09. The van der Waals surface area contributed by atoms with Crippen molar-refractivity contribution in [2.75, 3.05) is 7.11 Å². The second-order valence-corrected chi connectivity index (χ2v) is 8.49. The summed E-state index contributed by atoms with van der Waals surface area (Å²) in [7, 11) is 1.60. The number of nitriles is 1. The monoisotopic (exact) mass is 474 g/mol. The molecule has 0 aliphatic carbocycles. The Kier molecular flexibility index (Phi) is 5.67. The van der Waals surface area contributed by atoms with Crippen LogP contribution in [0.25, 0.3) is 39.0 Å². The van der Waals surface area contributed by atoms with E-state index in [1.165, 1.54) is 24.3 Å².